The largest absolute Gasteiger partial charge is 0.291 e. The van der Waals surface area contributed by atoms with Crippen molar-refractivity contribution < 1.29 is 9.13 Å². The van der Waals surface area contributed by atoms with Crippen molar-refractivity contribution in [1.82, 2.24) is 14.0 Å². The second-order valence-corrected chi connectivity index (χ2v) is 6.40. The first-order chi connectivity index (χ1) is 11.7. The van der Waals surface area contributed by atoms with Gasteiger partial charge in [-0.05, 0) is 5.56 Å². The van der Waals surface area contributed by atoms with Gasteiger partial charge in [-0.3, -0.25) is 4.90 Å². The van der Waals surface area contributed by atoms with Crippen LogP contribution in [0.5, 0.6) is 0 Å². The van der Waals surface area contributed by atoms with Crippen LogP contribution in [0.25, 0.3) is 0 Å². The summed E-state index contributed by atoms with van der Waals surface area (Å²) in [5.74, 6) is 0. The lowest BCUT2D eigenvalue weighted by atomic mass is 10.2. The number of nitrogens with zero attached hydrogens (tertiary/aromatic N) is 5. The molecule has 3 rings (SSSR count). The topological polar surface area (TPSA) is 20.9 Å². The molecule has 0 aliphatic carbocycles. The van der Waals surface area contributed by atoms with E-state index >= 15 is 0 Å². The molecule has 3 aromatic rings. The van der Waals surface area contributed by atoms with E-state index in [0.717, 1.165) is 32.7 Å². The summed E-state index contributed by atoms with van der Waals surface area (Å²) in [4.78, 5) is 2.52. The third-order valence-corrected chi connectivity index (χ3v) is 4.25. The molecule has 0 aliphatic rings. The molecule has 0 atom stereocenters. The monoisotopic (exact) mass is 325 g/mol. The smallest absolute Gasteiger partial charge is 0.243 e. The Labute approximate surface area is 144 Å². The third kappa shape index (κ3) is 4.80. The quantitative estimate of drug-likeness (QED) is 0.569. The molecule has 24 heavy (non-hydrogen) atoms. The lowest BCUT2D eigenvalue weighted by molar-refractivity contribution is -0.671. The average Bonchev–Trinajstić information content (AvgIpc) is 3.19. The lowest BCUT2D eigenvalue weighted by Crippen LogP contribution is -2.31. The van der Waals surface area contributed by atoms with E-state index in [1.807, 2.05) is 0 Å². The molecule has 0 amide bonds. The SMILES string of the molecule is C[n+]1ccn(CCN(CCn2cc[n+](C)c2)Cc2ccccc2)c1. The van der Waals surface area contributed by atoms with E-state index in [9.17, 15) is 0 Å². The highest BCUT2D eigenvalue weighted by Gasteiger charge is 2.11. The van der Waals surface area contributed by atoms with Crippen molar-refractivity contribution in [3.05, 3.63) is 73.3 Å². The van der Waals surface area contributed by atoms with Crippen LogP contribution < -0.4 is 9.13 Å². The number of aromatic nitrogens is 4. The van der Waals surface area contributed by atoms with Crippen molar-refractivity contribution in [3.8, 4) is 0 Å². The first-order valence-electron chi connectivity index (χ1n) is 8.47. The Bertz CT molecular complexity index is 700. The number of rotatable bonds is 8. The maximum Gasteiger partial charge on any atom is 0.243 e. The molecule has 1 aromatic carbocycles. The van der Waals surface area contributed by atoms with Crippen LogP contribution in [0.3, 0.4) is 0 Å². The molecule has 126 valence electrons. The number of hydrogen-bond donors (Lipinski definition) is 0. The molecule has 0 bridgehead atoms. The molecule has 5 nitrogen and oxygen atoms in total. The molecule has 5 heteroatoms. The number of aryl methyl sites for hydroxylation is 2. The Kier molecular flexibility index (Phi) is 5.43. The molecule has 0 radical (unpaired) electrons. The van der Waals surface area contributed by atoms with Gasteiger partial charge in [-0.25, -0.2) is 18.3 Å². The minimum Gasteiger partial charge on any atom is -0.291 e. The second-order valence-electron chi connectivity index (χ2n) is 6.40. The molecule has 0 aliphatic heterocycles. The van der Waals surface area contributed by atoms with Crippen LogP contribution in [0.4, 0.5) is 0 Å². The standard InChI is InChI=1S/C19H27N5/c1-20-8-10-23(17-20)14-12-22(16-19-6-4-3-5-7-19)13-15-24-11-9-21(2)18-24/h3-11,17-18H,12-16H2,1-2H3/q+2. The van der Waals surface area contributed by atoms with Crippen LogP contribution in [0, 0.1) is 0 Å². The Morgan fingerprint density at radius 1 is 0.833 bits per heavy atom. The van der Waals surface area contributed by atoms with Crippen LogP contribution in [0.2, 0.25) is 0 Å². The summed E-state index contributed by atoms with van der Waals surface area (Å²) in [6.07, 6.45) is 12.7. The van der Waals surface area contributed by atoms with Crippen molar-refractivity contribution in [1.29, 1.82) is 0 Å². The van der Waals surface area contributed by atoms with E-state index in [1.54, 1.807) is 0 Å². The molecule has 0 fully saturated rings. The van der Waals surface area contributed by atoms with Gasteiger partial charge in [0.1, 0.15) is 37.9 Å². The Morgan fingerprint density at radius 3 is 1.83 bits per heavy atom. The van der Waals surface area contributed by atoms with Gasteiger partial charge in [-0.15, -0.1) is 0 Å². The summed E-state index contributed by atoms with van der Waals surface area (Å²) >= 11 is 0. The lowest BCUT2D eigenvalue weighted by Gasteiger charge is -2.20. The van der Waals surface area contributed by atoms with Gasteiger partial charge in [-0.1, -0.05) is 30.3 Å². The summed E-state index contributed by atoms with van der Waals surface area (Å²) in [5, 5.41) is 0. The predicted molar refractivity (Wildman–Crippen MR) is 92.9 cm³/mol. The van der Waals surface area contributed by atoms with Crippen molar-refractivity contribution in [2.45, 2.75) is 19.6 Å². The number of hydrogen-bond acceptors (Lipinski definition) is 1. The van der Waals surface area contributed by atoms with Crippen LogP contribution in [-0.2, 0) is 33.7 Å². The Hall–Kier alpha value is -2.40. The molecular weight excluding hydrogens is 298 g/mol. The van der Waals surface area contributed by atoms with E-state index in [4.69, 9.17) is 0 Å². The van der Waals surface area contributed by atoms with Crippen LogP contribution >= 0.6 is 0 Å². The summed E-state index contributed by atoms with van der Waals surface area (Å²) in [5.41, 5.74) is 1.37. The summed E-state index contributed by atoms with van der Waals surface area (Å²) in [6, 6.07) is 10.7. The molecule has 0 unspecified atom stereocenters. The van der Waals surface area contributed by atoms with Crippen molar-refractivity contribution >= 4 is 0 Å². The van der Waals surface area contributed by atoms with Gasteiger partial charge in [-0.2, -0.15) is 0 Å². The highest BCUT2D eigenvalue weighted by atomic mass is 15.2. The van der Waals surface area contributed by atoms with Crippen molar-refractivity contribution in [2.75, 3.05) is 13.1 Å². The fourth-order valence-electron chi connectivity index (χ4n) is 2.89. The molecule has 2 heterocycles. The first kappa shape index (κ1) is 16.5. The maximum absolute atomic E-state index is 2.52. The van der Waals surface area contributed by atoms with Crippen molar-refractivity contribution in [2.24, 2.45) is 14.1 Å². The average molecular weight is 325 g/mol. The number of benzene rings is 1. The van der Waals surface area contributed by atoms with Gasteiger partial charge in [0.15, 0.2) is 0 Å². The highest BCUT2D eigenvalue weighted by molar-refractivity contribution is 5.14. The summed E-state index contributed by atoms with van der Waals surface area (Å²) in [6.45, 7) is 5.08. The fourth-order valence-corrected chi connectivity index (χ4v) is 2.89. The van der Waals surface area contributed by atoms with Crippen molar-refractivity contribution in [3.63, 3.8) is 0 Å². The van der Waals surface area contributed by atoms with Crippen LogP contribution in [0.1, 0.15) is 5.56 Å². The van der Waals surface area contributed by atoms with Gasteiger partial charge in [0, 0.05) is 19.6 Å². The third-order valence-electron chi connectivity index (χ3n) is 4.25. The maximum atomic E-state index is 2.52. The molecular formula is C19H27N5+2. The summed E-state index contributed by atoms with van der Waals surface area (Å²) < 4.78 is 8.66. The normalized spacial score (nSPS) is 11.3. The zero-order valence-corrected chi connectivity index (χ0v) is 14.6. The molecule has 0 N–H and O–H groups in total. The van der Waals surface area contributed by atoms with Gasteiger partial charge in [0.05, 0.1) is 14.1 Å². The number of imidazole rings is 2. The fraction of sp³-hybridized carbons (Fsp3) is 0.368. The van der Waals surface area contributed by atoms with Gasteiger partial charge in [0.25, 0.3) is 0 Å². The predicted octanol–water partition coefficient (Wildman–Crippen LogP) is 1.14. The van der Waals surface area contributed by atoms with E-state index < -0.39 is 0 Å². The zero-order valence-electron chi connectivity index (χ0n) is 14.6. The van der Waals surface area contributed by atoms with Crippen LogP contribution in [0.15, 0.2) is 67.8 Å². The van der Waals surface area contributed by atoms with E-state index in [2.05, 4.69) is 105 Å². The molecule has 0 spiro atoms. The van der Waals surface area contributed by atoms with Gasteiger partial charge in [0.2, 0.25) is 12.7 Å². The zero-order chi connectivity index (χ0) is 16.8. The Morgan fingerprint density at radius 2 is 1.38 bits per heavy atom. The summed E-state index contributed by atoms with van der Waals surface area (Å²) in [7, 11) is 4.12. The van der Waals surface area contributed by atoms with Gasteiger partial charge < -0.3 is 0 Å². The van der Waals surface area contributed by atoms with Crippen LogP contribution in [-0.4, -0.2) is 27.1 Å². The van der Waals surface area contributed by atoms with E-state index in [-0.39, 0.29) is 0 Å². The second kappa shape index (κ2) is 7.93. The minimum absolute atomic E-state index is 0.988. The first-order valence-corrected chi connectivity index (χ1v) is 8.47. The molecule has 2 aromatic heterocycles. The minimum atomic E-state index is 0.988. The highest BCUT2D eigenvalue weighted by Crippen LogP contribution is 2.05. The van der Waals surface area contributed by atoms with Gasteiger partial charge >= 0.3 is 0 Å². The Balaban J connectivity index is 1.60. The van der Waals surface area contributed by atoms with E-state index in [1.165, 1.54) is 5.56 Å². The molecule has 0 saturated carbocycles. The molecule has 0 saturated heterocycles. The van der Waals surface area contributed by atoms with E-state index in [0.29, 0.717) is 0 Å².